The maximum Gasteiger partial charge on any atom is 0.404 e. The molecule has 3 N–H and O–H groups in total. The third-order valence-corrected chi connectivity index (χ3v) is 10.1. The summed E-state index contributed by atoms with van der Waals surface area (Å²) in [4.78, 5) is 22.8. The van der Waals surface area contributed by atoms with Crippen molar-refractivity contribution in [1.82, 2.24) is 19.5 Å². The molecule has 49 heavy (non-hydrogen) atoms. The van der Waals surface area contributed by atoms with Gasteiger partial charge >= 0.3 is 7.60 Å². The fourth-order valence-electron chi connectivity index (χ4n) is 5.85. The number of imidazole rings is 1. The van der Waals surface area contributed by atoms with Crippen LogP contribution in [-0.2, 0) is 25.1 Å². The highest BCUT2D eigenvalue weighted by Crippen LogP contribution is 2.49. The zero-order valence-corrected chi connectivity index (χ0v) is 30.2. The SMILES string of the molecule is CCCCCCCCCCCCCCCCOCCCOP(=O)(COCCn1cnc2c(=O)[nH]c(N)nc21)Oc1cccc2ccccc12. The number of nitrogens with two attached hydrogens (primary N) is 1. The van der Waals surface area contributed by atoms with E-state index in [0.29, 0.717) is 31.0 Å². The molecule has 12 heteroatoms. The molecular formula is C37H56N5O6P. The number of aromatic nitrogens is 4. The molecule has 0 fully saturated rings. The van der Waals surface area contributed by atoms with Crippen LogP contribution in [0.1, 0.15) is 103 Å². The van der Waals surface area contributed by atoms with E-state index in [1.165, 1.54) is 89.8 Å². The van der Waals surface area contributed by atoms with Gasteiger partial charge in [0.05, 0.1) is 19.5 Å². The van der Waals surface area contributed by atoms with Crippen LogP contribution < -0.4 is 15.8 Å². The number of hydrogen-bond acceptors (Lipinski definition) is 9. The molecular weight excluding hydrogens is 641 g/mol. The lowest BCUT2D eigenvalue weighted by molar-refractivity contribution is 0.107. The number of aromatic amines is 1. The lowest BCUT2D eigenvalue weighted by Gasteiger charge is -2.20. The van der Waals surface area contributed by atoms with Crippen LogP contribution in [0.2, 0.25) is 0 Å². The topological polar surface area (TPSA) is 144 Å². The van der Waals surface area contributed by atoms with Gasteiger partial charge in [-0.3, -0.25) is 14.3 Å². The number of anilines is 1. The second-order valence-electron chi connectivity index (χ2n) is 12.7. The van der Waals surface area contributed by atoms with E-state index in [-0.39, 0.29) is 31.0 Å². The van der Waals surface area contributed by atoms with Gasteiger partial charge in [0.15, 0.2) is 17.5 Å². The van der Waals surface area contributed by atoms with Gasteiger partial charge in [0.25, 0.3) is 5.56 Å². The van der Waals surface area contributed by atoms with E-state index in [2.05, 4.69) is 21.9 Å². The van der Waals surface area contributed by atoms with E-state index in [1.54, 1.807) is 10.6 Å². The zero-order valence-electron chi connectivity index (χ0n) is 29.3. The molecule has 0 aliphatic carbocycles. The second-order valence-corrected chi connectivity index (χ2v) is 14.6. The Balaban J connectivity index is 1.13. The first-order chi connectivity index (χ1) is 24.0. The van der Waals surface area contributed by atoms with Crippen LogP contribution in [0.3, 0.4) is 0 Å². The Morgan fingerprint density at radius 2 is 1.43 bits per heavy atom. The highest BCUT2D eigenvalue weighted by molar-refractivity contribution is 7.54. The molecule has 2 heterocycles. The number of unbranched alkanes of at least 4 members (excludes halogenated alkanes) is 13. The van der Waals surface area contributed by atoms with Crippen LogP contribution in [0, 0.1) is 0 Å². The van der Waals surface area contributed by atoms with Gasteiger partial charge in [-0.2, -0.15) is 4.98 Å². The summed E-state index contributed by atoms with van der Waals surface area (Å²) < 4.78 is 39.2. The molecule has 0 saturated heterocycles. The summed E-state index contributed by atoms with van der Waals surface area (Å²) in [5.41, 5.74) is 5.83. The lowest BCUT2D eigenvalue weighted by Crippen LogP contribution is -2.14. The minimum atomic E-state index is -3.70. The van der Waals surface area contributed by atoms with Gasteiger partial charge in [-0.15, -0.1) is 0 Å². The van der Waals surface area contributed by atoms with Crippen molar-refractivity contribution in [2.24, 2.45) is 0 Å². The van der Waals surface area contributed by atoms with Crippen LogP contribution in [0.4, 0.5) is 5.95 Å². The fraction of sp³-hybridized carbons (Fsp3) is 0.595. The maximum atomic E-state index is 14.0. The van der Waals surface area contributed by atoms with Crippen molar-refractivity contribution < 1.29 is 23.1 Å². The summed E-state index contributed by atoms with van der Waals surface area (Å²) in [5, 5.41) is 1.81. The predicted molar refractivity (Wildman–Crippen MR) is 197 cm³/mol. The first kappa shape index (κ1) is 38.6. The van der Waals surface area contributed by atoms with Gasteiger partial charge in [0.2, 0.25) is 5.95 Å². The van der Waals surface area contributed by atoms with E-state index in [0.717, 1.165) is 23.8 Å². The molecule has 4 aromatic rings. The number of nitrogens with zero attached hydrogens (tertiary/aromatic N) is 3. The molecule has 0 saturated carbocycles. The Morgan fingerprint density at radius 3 is 2.16 bits per heavy atom. The third-order valence-electron chi connectivity index (χ3n) is 8.57. The Hall–Kier alpha value is -3.24. The quantitative estimate of drug-likeness (QED) is 0.0461. The molecule has 0 bridgehead atoms. The predicted octanol–water partition coefficient (Wildman–Crippen LogP) is 9.01. The lowest BCUT2D eigenvalue weighted by atomic mass is 10.0. The molecule has 0 radical (unpaired) electrons. The van der Waals surface area contributed by atoms with Gasteiger partial charge in [-0.1, -0.05) is 127 Å². The number of nitrogens with one attached hydrogen (secondary N) is 1. The van der Waals surface area contributed by atoms with Crippen molar-refractivity contribution in [3.05, 3.63) is 59.1 Å². The molecule has 2 aromatic carbocycles. The summed E-state index contributed by atoms with van der Waals surface area (Å²) in [6.45, 7) is 4.20. The zero-order chi connectivity index (χ0) is 34.6. The summed E-state index contributed by atoms with van der Waals surface area (Å²) in [6, 6.07) is 13.4. The fourth-order valence-corrected chi connectivity index (χ4v) is 7.25. The second kappa shape index (κ2) is 21.8. The van der Waals surface area contributed by atoms with E-state index in [9.17, 15) is 9.36 Å². The van der Waals surface area contributed by atoms with Gasteiger partial charge in [0.1, 0.15) is 5.75 Å². The van der Waals surface area contributed by atoms with Crippen molar-refractivity contribution in [1.29, 1.82) is 0 Å². The summed E-state index contributed by atoms with van der Waals surface area (Å²) in [7, 11) is -3.70. The minimum Gasteiger partial charge on any atom is -0.422 e. The van der Waals surface area contributed by atoms with E-state index >= 15 is 0 Å². The number of hydrogen-bond donors (Lipinski definition) is 2. The summed E-state index contributed by atoms with van der Waals surface area (Å²) in [5.74, 6) is 0.476. The largest absolute Gasteiger partial charge is 0.422 e. The standard InChI is InChI=1S/C37H56N5O6P/c1-2-3-4-5-6-7-8-9-10-11-12-13-14-17-25-45-26-19-27-47-49(44,48-33-23-18-21-31-20-15-16-22-32(31)33)30-46-28-24-42-29-39-34-35(42)40-37(38)41-36(34)43/h15-16,18,20-23,29H,2-14,17,19,24-28,30H2,1H3,(H3,38,40,41,43). The van der Waals surface area contributed by atoms with Gasteiger partial charge in [-0.05, 0) is 24.3 Å². The Kier molecular flexibility index (Phi) is 17.1. The van der Waals surface area contributed by atoms with Gasteiger partial charge in [-0.25, -0.2) is 9.55 Å². The van der Waals surface area contributed by atoms with Crippen LogP contribution in [-0.4, -0.2) is 52.3 Å². The number of ether oxygens (including phenoxy) is 2. The normalized spacial score (nSPS) is 12.9. The van der Waals surface area contributed by atoms with Crippen LogP contribution in [0.25, 0.3) is 21.9 Å². The summed E-state index contributed by atoms with van der Waals surface area (Å²) >= 11 is 0. The van der Waals surface area contributed by atoms with Crippen molar-refractivity contribution >= 4 is 35.5 Å². The Morgan fingerprint density at radius 1 is 0.776 bits per heavy atom. The molecule has 1 atom stereocenters. The molecule has 1 unspecified atom stereocenters. The molecule has 0 aliphatic rings. The first-order valence-electron chi connectivity index (χ1n) is 18.3. The van der Waals surface area contributed by atoms with Gasteiger partial charge in [0, 0.05) is 25.1 Å². The van der Waals surface area contributed by atoms with Crippen molar-refractivity contribution in [3.63, 3.8) is 0 Å². The van der Waals surface area contributed by atoms with Crippen molar-refractivity contribution in [2.45, 2.75) is 110 Å². The molecule has 4 rings (SSSR count). The van der Waals surface area contributed by atoms with Crippen LogP contribution in [0.15, 0.2) is 53.6 Å². The molecule has 0 spiro atoms. The summed E-state index contributed by atoms with van der Waals surface area (Å²) in [6.07, 6.45) is 20.5. The van der Waals surface area contributed by atoms with Crippen molar-refractivity contribution in [3.8, 4) is 5.75 Å². The third kappa shape index (κ3) is 13.5. The highest BCUT2D eigenvalue weighted by Gasteiger charge is 2.28. The number of benzene rings is 2. The average molecular weight is 698 g/mol. The smallest absolute Gasteiger partial charge is 0.404 e. The van der Waals surface area contributed by atoms with E-state index in [4.69, 9.17) is 24.3 Å². The number of H-pyrrole nitrogens is 1. The van der Waals surface area contributed by atoms with Crippen LogP contribution in [0.5, 0.6) is 5.75 Å². The molecule has 270 valence electrons. The molecule has 0 aliphatic heterocycles. The minimum absolute atomic E-state index is 0.00474. The van der Waals surface area contributed by atoms with Gasteiger partial charge < -0.3 is 24.3 Å². The van der Waals surface area contributed by atoms with E-state index < -0.39 is 13.2 Å². The number of rotatable bonds is 27. The number of nitrogen functional groups attached to an aromatic ring is 1. The molecule has 11 nitrogen and oxygen atoms in total. The van der Waals surface area contributed by atoms with Crippen LogP contribution >= 0.6 is 7.60 Å². The van der Waals surface area contributed by atoms with E-state index in [1.807, 2.05) is 36.4 Å². The monoisotopic (exact) mass is 697 g/mol. The highest BCUT2D eigenvalue weighted by atomic mass is 31.2. The first-order valence-corrected chi connectivity index (χ1v) is 20.0. The van der Waals surface area contributed by atoms with Crippen molar-refractivity contribution in [2.75, 3.05) is 38.5 Å². The Labute approximate surface area is 290 Å². The maximum absolute atomic E-state index is 14.0. The average Bonchev–Trinajstić information content (AvgIpc) is 3.51. The Bertz CT molecular complexity index is 1620. The number of fused-ring (bicyclic) bond motifs is 2. The molecule has 2 aromatic heterocycles. The molecule has 0 amide bonds.